The number of piperidine rings is 1. The van der Waals surface area contributed by atoms with Crippen LogP contribution in [0.3, 0.4) is 0 Å². The van der Waals surface area contributed by atoms with Crippen molar-refractivity contribution >= 4 is 0 Å². The van der Waals surface area contributed by atoms with E-state index in [0.717, 1.165) is 51.4 Å². The maximum Gasteiger partial charge on any atom is 0.170 e. The molecular formula is C21H25NO3. The fraction of sp³-hybridized carbons (Fsp3) is 0.429. The van der Waals surface area contributed by atoms with Gasteiger partial charge in [0.25, 0.3) is 0 Å². The third-order valence-electron chi connectivity index (χ3n) is 5.05. The molecule has 2 aliphatic rings. The van der Waals surface area contributed by atoms with Crippen LogP contribution in [-0.2, 0) is 9.47 Å². The Bertz CT molecular complexity index is 645. The number of hydrogen-bond acceptors (Lipinski definition) is 4. The van der Waals surface area contributed by atoms with Crippen LogP contribution in [0.15, 0.2) is 60.7 Å². The molecule has 0 N–H and O–H groups in total. The maximum atomic E-state index is 6.32. The molecule has 0 radical (unpaired) electrons. The Morgan fingerprint density at radius 2 is 1.48 bits per heavy atom. The summed E-state index contributed by atoms with van der Waals surface area (Å²) in [5.41, 5.74) is 1.21. The highest BCUT2D eigenvalue weighted by molar-refractivity contribution is 5.24. The predicted molar refractivity (Wildman–Crippen MR) is 96.6 cm³/mol. The van der Waals surface area contributed by atoms with Gasteiger partial charge < -0.3 is 14.2 Å². The van der Waals surface area contributed by atoms with Gasteiger partial charge in [-0.25, -0.2) is 0 Å². The number of nitrogens with zero attached hydrogens (tertiary/aromatic N) is 1. The van der Waals surface area contributed by atoms with Gasteiger partial charge in [-0.1, -0.05) is 48.5 Å². The van der Waals surface area contributed by atoms with E-state index in [1.165, 1.54) is 5.56 Å². The Morgan fingerprint density at radius 3 is 2.12 bits per heavy atom. The summed E-state index contributed by atoms with van der Waals surface area (Å²) in [5.74, 6) is 0.589. The molecule has 4 heteroatoms. The number of ether oxygens (including phenoxy) is 3. The van der Waals surface area contributed by atoms with Crippen molar-refractivity contribution in [3.05, 3.63) is 66.2 Å². The molecule has 1 atom stereocenters. The van der Waals surface area contributed by atoms with Gasteiger partial charge in [0, 0.05) is 32.5 Å². The van der Waals surface area contributed by atoms with Crippen molar-refractivity contribution in [3.8, 4) is 5.75 Å². The van der Waals surface area contributed by atoms with Crippen LogP contribution in [0.5, 0.6) is 5.75 Å². The average molecular weight is 339 g/mol. The van der Waals surface area contributed by atoms with E-state index < -0.39 is 0 Å². The van der Waals surface area contributed by atoms with Gasteiger partial charge in [0.1, 0.15) is 11.9 Å². The van der Waals surface area contributed by atoms with Crippen LogP contribution in [0.4, 0.5) is 0 Å². The molecule has 1 unspecified atom stereocenters. The van der Waals surface area contributed by atoms with Crippen LogP contribution < -0.4 is 4.74 Å². The van der Waals surface area contributed by atoms with Gasteiger partial charge in [0.2, 0.25) is 0 Å². The zero-order valence-corrected chi connectivity index (χ0v) is 14.5. The zero-order valence-electron chi connectivity index (χ0n) is 14.5. The lowest BCUT2D eigenvalue weighted by atomic mass is 10.0. The number of benzene rings is 2. The molecule has 0 amide bonds. The highest BCUT2D eigenvalue weighted by atomic mass is 16.7. The van der Waals surface area contributed by atoms with Crippen LogP contribution in [0.2, 0.25) is 0 Å². The van der Waals surface area contributed by atoms with Crippen molar-refractivity contribution in [2.24, 2.45) is 0 Å². The standard InChI is InChI=1S/C21H25NO3/c1-3-7-18(8-4-1)20(25-19-9-5-2-6-10-19)17-22-13-11-21(12-14-22)23-15-16-24-21/h1-10,20H,11-17H2. The quantitative estimate of drug-likeness (QED) is 0.832. The summed E-state index contributed by atoms with van der Waals surface area (Å²) in [6.45, 7) is 4.27. The second-order valence-corrected chi connectivity index (χ2v) is 6.74. The number of likely N-dealkylation sites (tertiary alicyclic amines) is 1. The van der Waals surface area contributed by atoms with Gasteiger partial charge in [-0.3, -0.25) is 4.90 Å². The molecule has 0 bridgehead atoms. The van der Waals surface area contributed by atoms with Crippen molar-refractivity contribution in [1.82, 2.24) is 4.90 Å². The first-order valence-electron chi connectivity index (χ1n) is 9.10. The Hall–Kier alpha value is -1.88. The Kier molecular flexibility index (Phi) is 5.02. The first-order chi connectivity index (χ1) is 12.3. The van der Waals surface area contributed by atoms with Gasteiger partial charge in [0.15, 0.2) is 5.79 Å². The van der Waals surface area contributed by atoms with Crippen LogP contribution in [0, 0.1) is 0 Å². The third-order valence-corrected chi connectivity index (χ3v) is 5.05. The zero-order chi connectivity index (χ0) is 17.0. The summed E-state index contributed by atoms with van der Waals surface area (Å²) in [6, 6.07) is 20.5. The van der Waals surface area contributed by atoms with E-state index in [9.17, 15) is 0 Å². The molecule has 4 rings (SSSR count). The minimum Gasteiger partial charge on any atom is -0.484 e. The molecule has 2 aliphatic heterocycles. The SMILES string of the molecule is c1ccc(OC(CN2CCC3(CC2)OCCO3)c2ccccc2)cc1. The molecule has 132 valence electrons. The smallest absolute Gasteiger partial charge is 0.170 e. The normalized spacial score (nSPS) is 21.3. The summed E-state index contributed by atoms with van der Waals surface area (Å²) in [5, 5.41) is 0. The highest BCUT2D eigenvalue weighted by Gasteiger charge is 2.40. The fourth-order valence-corrected chi connectivity index (χ4v) is 3.64. The molecule has 2 aromatic rings. The summed E-state index contributed by atoms with van der Waals surface area (Å²) >= 11 is 0. The van der Waals surface area contributed by atoms with Crippen molar-refractivity contribution in [2.45, 2.75) is 24.7 Å². The van der Waals surface area contributed by atoms with E-state index in [0.29, 0.717) is 0 Å². The highest BCUT2D eigenvalue weighted by Crippen LogP contribution is 2.32. The molecule has 0 saturated carbocycles. The lowest BCUT2D eigenvalue weighted by Gasteiger charge is -2.38. The van der Waals surface area contributed by atoms with E-state index in [-0.39, 0.29) is 11.9 Å². The van der Waals surface area contributed by atoms with Gasteiger partial charge in [-0.15, -0.1) is 0 Å². The molecule has 2 aromatic carbocycles. The third kappa shape index (κ3) is 4.03. The van der Waals surface area contributed by atoms with Crippen molar-refractivity contribution < 1.29 is 14.2 Å². The predicted octanol–water partition coefficient (Wildman–Crippen LogP) is 3.65. The van der Waals surface area contributed by atoms with E-state index >= 15 is 0 Å². The first-order valence-corrected chi connectivity index (χ1v) is 9.10. The summed E-state index contributed by atoms with van der Waals surface area (Å²) < 4.78 is 18.0. The summed E-state index contributed by atoms with van der Waals surface area (Å²) in [7, 11) is 0. The Morgan fingerprint density at radius 1 is 0.880 bits per heavy atom. The molecule has 2 fully saturated rings. The number of rotatable bonds is 5. The molecule has 2 heterocycles. The van der Waals surface area contributed by atoms with Crippen molar-refractivity contribution in [3.63, 3.8) is 0 Å². The maximum absolute atomic E-state index is 6.32. The van der Waals surface area contributed by atoms with E-state index in [4.69, 9.17) is 14.2 Å². The molecule has 25 heavy (non-hydrogen) atoms. The largest absolute Gasteiger partial charge is 0.484 e. The van der Waals surface area contributed by atoms with Crippen LogP contribution in [0.25, 0.3) is 0 Å². The molecule has 0 aromatic heterocycles. The van der Waals surface area contributed by atoms with Gasteiger partial charge in [-0.05, 0) is 17.7 Å². The average Bonchev–Trinajstić information content (AvgIpc) is 3.13. The Labute approximate surface area is 149 Å². The topological polar surface area (TPSA) is 30.9 Å². The van der Waals surface area contributed by atoms with Gasteiger partial charge in [0.05, 0.1) is 13.2 Å². The summed E-state index contributed by atoms with van der Waals surface area (Å²) in [6.07, 6.45) is 1.88. The number of para-hydroxylation sites is 1. The minimum absolute atomic E-state index is 0.0167. The molecule has 1 spiro atoms. The van der Waals surface area contributed by atoms with Gasteiger partial charge >= 0.3 is 0 Å². The number of hydrogen-bond donors (Lipinski definition) is 0. The van der Waals surface area contributed by atoms with Crippen molar-refractivity contribution in [1.29, 1.82) is 0 Å². The van der Waals surface area contributed by atoms with Crippen LogP contribution >= 0.6 is 0 Å². The van der Waals surface area contributed by atoms with Crippen LogP contribution in [-0.4, -0.2) is 43.5 Å². The van der Waals surface area contributed by atoms with E-state index in [1.54, 1.807) is 0 Å². The minimum atomic E-state index is -0.320. The summed E-state index contributed by atoms with van der Waals surface area (Å²) in [4.78, 5) is 2.46. The van der Waals surface area contributed by atoms with Gasteiger partial charge in [-0.2, -0.15) is 0 Å². The second kappa shape index (κ2) is 7.56. The molecule has 2 saturated heterocycles. The fourth-order valence-electron chi connectivity index (χ4n) is 3.64. The first kappa shape index (κ1) is 16.6. The second-order valence-electron chi connectivity index (χ2n) is 6.74. The molecule has 0 aliphatic carbocycles. The van der Waals surface area contributed by atoms with Crippen molar-refractivity contribution in [2.75, 3.05) is 32.8 Å². The lowest BCUT2D eigenvalue weighted by Crippen LogP contribution is -2.46. The van der Waals surface area contributed by atoms with E-state index in [2.05, 4.69) is 29.2 Å². The lowest BCUT2D eigenvalue weighted by molar-refractivity contribution is -0.186. The monoisotopic (exact) mass is 339 g/mol. The molecule has 4 nitrogen and oxygen atoms in total. The van der Waals surface area contributed by atoms with E-state index in [1.807, 2.05) is 36.4 Å². The molecular weight excluding hydrogens is 314 g/mol. The Balaban J connectivity index is 1.43. The van der Waals surface area contributed by atoms with Crippen LogP contribution in [0.1, 0.15) is 24.5 Å².